The molecule has 0 saturated heterocycles. The Labute approximate surface area is 169 Å². The van der Waals surface area contributed by atoms with E-state index in [0.29, 0.717) is 22.0 Å². The zero-order valence-electron chi connectivity index (χ0n) is 15.9. The Morgan fingerprint density at radius 3 is 2.86 bits per heavy atom. The van der Waals surface area contributed by atoms with Crippen LogP contribution in [0, 0.1) is 6.92 Å². The van der Waals surface area contributed by atoms with E-state index >= 15 is 0 Å². The molecule has 0 atom stereocenters. The molecule has 1 amide bonds. The number of hydrogen-bond donors (Lipinski definition) is 3. The van der Waals surface area contributed by atoms with Crippen LogP contribution in [0.4, 0.5) is 5.82 Å². The number of thioether (sulfide) groups is 1. The lowest BCUT2D eigenvalue weighted by molar-refractivity contribution is -0.113. The van der Waals surface area contributed by atoms with E-state index in [9.17, 15) is 9.59 Å². The highest BCUT2D eigenvalue weighted by molar-refractivity contribution is 7.99. The predicted molar refractivity (Wildman–Crippen MR) is 112 cm³/mol. The SMILES string of the molecule is CCc1ccccc1-n1c(SCC(=O)Nc2cc(C)[nH]n2)nc2[nH]ncc2c1=O. The normalized spacial score (nSPS) is 11.1. The molecule has 0 aliphatic heterocycles. The van der Waals surface area contributed by atoms with Gasteiger partial charge in [-0.2, -0.15) is 10.2 Å². The van der Waals surface area contributed by atoms with Gasteiger partial charge in [-0.05, 0) is 25.0 Å². The highest BCUT2D eigenvalue weighted by Crippen LogP contribution is 2.23. The first kappa shape index (κ1) is 18.9. The molecule has 0 aliphatic carbocycles. The molecule has 4 rings (SSSR count). The number of benzene rings is 1. The van der Waals surface area contributed by atoms with E-state index in [-0.39, 0.29) is 17.2 Å². The Morgan fingerprint density at radius 2 is 2.10 bits per heavy atom. The standard InChI is InChI=1S/C19H19N7O2S/c1-3-12-6-4-5-7-14(12)26-18(28)13-9-20-25-17(13)22-19(26)29-10-16(27)21-15-8-11(2)23-24-15/h4-9H,3,10H2,1-2H3,(H,20,25)(H2,21,23,24,27). The van der Waals surface area contributed by atoms with Crippen LogP contribution in [0.15, 0.2) is 46.5 Å². The number of rotatable bonds is 6. The molecule has 9 nitrogen and oxygen atoms in total. The summed E-state index contributed by atoms with van der Waals surface area (Å²) in [7, 11) is 0. The van der Waals surface area contributed by atoms with Gasteiger partial charge in [0.05, 0.1) is 17.6 Å². The second-order valence-corrected chi connectivity index (χ2v) is 7.37. The number of aryl methyl sites for hydroxylation is 2. The van der Waals surface area contributed by atoms with E-state index in [0.717, 1.165) is 23.4 Å². The summed E-state index contributed by atoms with van der Waals surface area (Å²) < 4.78 is 1.55. The molecule has 3 heterocycles. The predicted octanol–water partition coefficient (Wildman–Crippen LogP) is 2.43. The van der Waals surface area contributed by atoms with Crippen molar-refractivity contribution in [2.75, 3.05) is 11.1 Å². The van der Waals surface area contributed by atoms with Crippen molar-refractivity contribution in [3.8, 4) is 5.69 Å². The number of aromatic nitrogens is 6. The van der Waals surface area contributed by atoms with Crippen molar-refractivity contribution in [1.29, 1.82) is 0 Å². The number of carbonyl (C=O) groups is 1. The summed E-state index contributed by atoms with van der Waals surface area (Å²) in [5, 5.41) is 17.0. The van der Waals surface area contributed by atoms with E-state index in [1.54, 1.807) is 10.6 Å². The second-order valence-electron chi connectivity index (χ2n) is 6.42. The van der Waals surface area contributed by atoms with Gasteiger partial charge >= 0.3 is 0 Å². The first-order chi connectivity index (χ1) is 14.1. The monoisotopic (exact) mass is 409 g/mol. The lowest BCUT2D eigenvalue weighted by Gasteiger charge is -2.14. The van der Waals surface area contributed by atoms with Gasteiger partial charge in [0.15, 0.2) is 16.6 Å². The highest BCUT2D eigenvalue weighted by atomic mass is 32.2. The van der Waals surface area contributed by atoms with Gasteiger partial charge in [0.25, 0.3) is 5.56 Å². The number of nitrogens with zero attached hydrogens (tertiary/aromatic N) is 4. The van der Waals surface area contributed by atoms with Crippen LogP contribution in [0.3, 0.4) is 0 Å². The Bertz CT molecular complexity index is 1240. The average molecular weight is 409 g/mol. The number of nitrogens with one attached hydrogen (secondary N) is 3. The maximum absolute atomic E-state index is 13.2. The minimum Gasteiger partial charge on any atom is -0.308 e. The molecule has 0 saturated carbocycles. The number of H-pyrrole nitrogens is 2. The Kier molecular flexibility index (Phi) is 5.17. The smallest absolute Gasteiger partial charge is 0.269 e. The van der Waals surface area contributed by atoms with Crippen LogP contribution in [0.25, 0.3) is 16.7 Å². The molecule has 0 fully saturated rings. The van der Waals surface area contributed by atoms with Gasteiger partial charge in [0, 0.05) is 11.8 Å². The van der Waals surface area contributed by atoms with E-state index < -0.39 is 0 Å². The van der Waals surface area contributed by atoms with Crippen molar-refractivity contribution < 1.29 is 4.79 Å². The number of fused-ring (bicyclic) bond motifs is 1. The molecule has 0 bridgehead atoms. The van der Waals surface area contributed by atoms with E-state index in [1.165, 1.54) is 18.0 Å². The molecule has 3 aromatic heterocycles. The molecule has 0 spiro atoms. The lowest BCUT2D eigenvalue weighted by Crippen LogP contribution is -2.23. The molecular weight excluding hydrogens is 390 g/mol. The van der Waals surface area contributed by atoms with Crippen molar-refractivity contribution in [2.45, 2.75) is 25.4 Å². The molecule has 3 N–H and O–H groups in total. The fourth-order valence-electron chi connectivity index (χ4n) is 3.00. The fraction of sp³-hybridized carbons (Fsp3) is 0.211. The topological polar surface area (TPSA) is 121 Å². The zero-order valence-corrected chi connectivity index (χ0v) is 16.7. The summed E-state index contributed by atoms with van der Waals surface area (Å²) in [4.78, 5) is 30.0. The summed E-state index contributed by atoms with van der Waals surface area (Å²) in [6.07, 6.45) is 2.23. The number of aromatic amines is 2. The van der Waals surface area contributed by atoms with Gasteiger partial charge in [-0.25, -0.2) is 4.98 Å². The maximum Gasteiger partial charge on any atom is 0.269 e. The van der Waals surface area contributed by atoms with Gasteiger partial charge in [-0.3, -0.25) is 24.4 Å². The molecule has 0 aliphatic rings. The number of hydrogen-bond acceptors (Lipinski definition) is 6. The van der Waals surface area contributed by atoms with Crippen molar-refractivity contribution in [3.63, 3.8) is 0 Å². The van der Waals surface area contributed by atoms with Crippen LogP contribution < -0.4 is 10.9 Å². The molecule has 0 radical (unpaired) electrons. The van der Waals surface area contributed by atoms with Crippen molar-refractivity contribution in [1.82, 2.24) is 29.9 Å². The summed E-state index contributed by atoms with van der Waals surface area (Å²) in [6.45, 7) is 3.88. The Balaban J connectivity index is 1.69. The molecular formula is C19H19N7O2S. The number of amides is 1. The van der Waals surface area contributed by atoms with E-state index in [2.05, 4.69) is 30.7 Å². The Morgan fingerprint density at radius 1 is 1.28 bits per heavy atom. The summed E-state index contributed by atoms with van der Waals surface area (Å²) in [6, 6.07) is 9.41. The first-order valence-corrected chi connectivity index (χ1v) is 10.0. The van der Waals surface area contributed by atoms with E-state index in [1.807, 2.05) is 38.1 Å². The van der Waals surface area contributed by atoms with Crippen molar-refractivity contribution >= 4 is 34.5 Å². The summed E-state index contributed by atoms with van der Waals surface area (Å²) in [5.74, 6) is 0.293. The Hall–Kier alpha value is -3.40. The van der Waals surface area contributed by atoms with Gasteiger partial charge in [0.2, 0.25) is 5.91 Å². The summed E-state index contributed by atoms with van der Waals surface area (Å²) in [5.41, 5.74) is 2.78. The van der Waals surface area contributed by atoms with E-state index in [4.69, 9.17) is 0 Å². The van der Waals surface area contributed by atoms with Crippen LogP contribution in [0.2, 0.25) is 0 Å². The first-order valence-electron chi connectivity index (χ1n) is 9.06. The van der Waals surface area contributed by atoms with Crippen LogP contribution in [0.1, 0.15) is 18.2 Å². The second kappa shape index (κ2) is 7.92. The molecule has 29 heavy (non-hydrogen) atoms. The van der Waals surface area contributed by atoms with Gasteiger partial charge < -0.3 is 5.32 Å². The third-order valence-corrected chi connectivity index (χ3v) is 5.31. The highest BCUT2D eigenvalue weighted by Gasteiger charge is 2.17. The van der Waals surface area contributed by atoms with Gasteiger partial charge in [-0.15, -0.1) is 0 Å². The number of para-hydroxylation sites is 1. The molecule has 4 aromatic rings. The molecule has 148 valence electrons. The van der Waals surface area contributed by atoms with Crippen molar-refractivity contribution in [2.24, 2.45) is 0 Å². The summed E-state index contributed by atoms with van der Waals surface area (Å²) >= 11 is 1.18. The molecule has 1 aromatic carbocycles. The zero-order chi connectivity index (χ0) is 20.4. The largest absolute Gasteiger partial charge is 0.308 e. The van der Waals surface area contributed by atoms with Crippen LogP contribution in [-0.2, 0) is 11.2 Å². The van der Waals surface area contributed by atoms with Crippen LogP contribution in [0.5, 0.6) is 0 Å². The lowest BCUT2D eigenvalue weighted by atomic mass is 10.1. The third kappa shape index (κ3) is 3.79. The average Bonchev–Trinajstić information content (AvgIpc) is 3.35. The minimum absolute atomic E-state index is 0.0757. The third-order valence-electron chi connectivity index (χ3n) is 4.37. The molecule has 10 heteroatoms. The van der Waals surface area contributed by atoms with Crippen LogP contribution in [-0.4, -0.2) is 41.6 Å². The minimum atomic E-state index is -0.240. The van der Waals surface area contributed by atoms with Gasteiger partial charge in [0.1, 0.15) is 5.39 Å². The fourth-order valence-corrected chi connectivity index (χ4v) is 3.80. The van der Waals surface area contributed by atoms with Crippen molar-refractivity contribution in [3.05, 3.63) is 58.1 Å². The van der Waals surface area contributed by atoms with Gasteiger partial charge in [-0.1, -0.05) is 36.9 Å². The molecule has 0 unspecified atom stereocenters. The van der Waals surface area contributed by atoms with Crippen LogP contribution >= 0.6 is 11.8 Å². The number of carbonyl (C=O) groups excluding carboxylic acids is 1. The maximum atomic E-state index is 13.2. The number of anilines is 1. The quantitative estimate of drug-likeness (QED) is 0.332.